The second-order valence-corrected chi connectivity index (χ2v) is 3.58. The summed E-state index contributed by atoms with van der Waals surface area (Å²) in [5.41, 5.74) is 6.83. The molecule has 0 aromatic carbocycles. The molecule has 0 aliphatic carbocycles. The standard InChI is InChI=1S/C10H15N3/c1-8(11)9-3-4-10(12-7-9)13-5-2-6-13/h3-4,7-8H,2,5-6,11H2,1H3/t8-/m1/s1. The van der Waals surface area contributed by atoms with Crippen LogP contribution in [0.5, 0.6) is 0 Å². The van der Waals surface area contributed by atoms with Crippen LogP contribution in [0.3, 0.4) is 0 Å². The maximum absolute atomic E-state index is 5.73. The number of pyridine rings is 1. The van der Waals surface area contributed by atoms with E-state index in [1.165, 1.54) is 6.42 Å². The predicted octanol–water partition coefficient (Wildman–Crippen LogP) is 1.31. The summed E-state index contributed by atoms with van der Waals surface area (Å²) >= 11 is 0. The lowest BCUT2D eigenvalue weighted by molar-refractivity contribution is 0.609. The van der Waals surface area contributed by atoms with E-state index in [4.69, 9.17) is 5.73 Å². The van der Waals surface area contributed by atoms with Gasteiger partial charge in [0.15, 0.2) is 0 Å². The number of aromatic nitrogens is 1. The largest absolute Gasteiger partial charge is 0.356 e. The number of rotatable bonds is 2. The summed E-state index contributed by atoms with van der Waals surface area (Å²) in [6, 6.07) is 4.20. The quantitative estimate of drug-likeness (QED) is 0.740. The molecule has 1 aromatic rings. The summed E-state index contributed by atoms with van der Waals surface area (Å²) in [4.78, 5) is 6.64. The Morgan fingerprint density at radius 2 is 2.23 bits per heavy atom. The van der Waals surface area contributed by atoms with Gasteiger partial charge in [0.1, 0.15) is 5.82 Å². The number of hydrogen-bond donors (Lipinski definition) is 1. The van der Waals surface area contributed by atoms with Gasteiger partial charge in [-0.2, -0.15) is 0 Å². The molecule has 70 valence electrons. The molecular formula is C10H15N3. The van der Waals surface area contributed by atoms with Crippen LogP contribution in [0.4, 0.5) is 5.82 Å². The summed E-state index contributed by atoms with van der Waals surface area (Å²) in [6.07, 6.45) is 3.16. The second kappa shape index (κ2) is 3.34. The molecule has 0 radical (unpaired) electrons. The van der Waals surface area contributed by atoms with Gasteiger partial charge in [0.05, 0.1) is 0 Å². The molecule has 2 rings (SSSR count). The maximum atomic E-state index is 5.73. The first-order chi connectivity index (χ1) is 6.27. The monoisotopic (exact) mass is 177 g/mol. The molecule has 2 heterocycles. The van der Waals surface area contributed by atoms with Crippen LogP contribution in [0.2, 0.25) is 0 Å². The summed E-state index contributed by atoms with van der Waals surface area (Å²) in [5, 5.41) is 0. The van der Waals surface area contributed by atoms with E-state index in [2.05, 4.69) is 22.0 Å². The Hall–Kier alpha value is -1.09. The van der Waals surface area contributed by atoms with Crippen molar-refractivity contribution in [1.82, 2.24) is 4.98 Å². The van der Waals surface area contributed by atoms with Crippen LogP contribution in [0.15, 0.2) is 18.3 Å². The SMILES string of the molecule is C[C@@H](N)c1ccc(N2CCC2)nc1. The van der Waals surface area contributed by atoms with E-state index in [9.17, 15) is 0 Å². The number of nitrogens with two attached hydrogens (primary N) is 1. The summed E-state index contributed by atoms with van der Waals surface area (Å²) in [7, 11) is 0. The van der Waals surface area contributed by atoms with Gasteiger partial charge in [-0.25, -0.2) is 4.98 Å². The van der Waals surface area contributed by atoms with Gasteiger partial charge in [-0.05, 0) is 25.0 Å². The first kappa shape index (κ1) is 8.51. The van der Waals surface area contributed by atoms with Crippen molar-refractivity contribution in [2.45, 2.75) is 19.4 Å². The van der Waals surface area contributed by atoms with Crippen LogP contribution < -0.4 is 10.6 Å². The molecule has 0 spiro atoms. The van der Waals surface area contributed by atoms with Crippen molar-refractivity contribution in [2.75, 3.05) is 18.0 Å². The molecular weight excluding hydrogens is 162 g/mol. The molecule has 0 unspecified atom stereocenters. The molecule has 0 amide bonds. The number of anilines is 1. The van der Waals surface area contributed by atoms with E-state index < -0.39 is 0 Å². The zero-order chi connectivity index (χ0) is 9.26. The van der Waals surface area contributed by atoms with Crippen LogP contribution in [0.25, 0.3) is 0 Å². The van der Waals surface area contributed by atoms with Crippen LogP contribution in [-0.4, -0.2) is 18.1 Å². The van der Waals surface area contributed by atoms with E-state index >= 15 is 0 Å². The van der Waals surface area contributed by atoms with Gasteiger partial charge in [0.25, 0.3) is 0 Å². The Balaban J connectivity index is 2.13. The molecule has 1 aliphatic rings. The van der Waals surface area contributed by atoms with Gasteiger partial charge in [-0.3, -0.25) is 0 Å². The molecule has 2 N–H and O–H groups in total. The Kier molecular flexibility index (Phi) is 2.19. The number of hydrogen-bond acceptors (Lipinski definition) is 3. The minimum atomic E-state index is 0.0814. The average molecular weight is 177 g/mol. The average Bonchev–Trinajstić information content (AvgIpc) is 2.02. The topological polar surface area (TPSA) is 42.1 Å². The van der Waals surface area contributed by atoms with E-state index in [-0.39, 0.29) is 6.04 Å². The van der Waals surface area contributed by atoms with Gasteiger partial charge >= 0.3 is 0 Å². The van der Waals surface area contributed by atoms with Gasteiger partial charge in [-0.15, -0.1) is 0 Å². The fourth-order valence-corrected chi connectivity index (χ4v) is 1.40. The zero-order valence-corrected chi connectivity index (χ0v) is 7.90. The zero-order valence-electron chi connectivity index (χ0n) is 7.90. The van der Waals surface area contributed by atoms with Crippen LogP contribution in [0, 0.1) is 0 Å². The molecule has 13 heavy (non-hydrogen) atoms. The van der Waals surface area contributed by atoms with E-state index in [1.807, 2.05) is 13.1 Å². The fourth-order valence-electron chi connectivity index (χ4n) is 1.40. The normalized spacial score (nSPS) is 18.2. The lowest BCUT2D eigenvalue weighted by Crippen LogP contribution is -2.37. The van der Waals surface area contributed by atoms with Gasteiger partial charge in [0.2, 0.25) is 0 Å². The van der Waals surface area contributed by atoms with Gasteiger partial charge < -0.3 is 10.6 Å². The predicted molar refractivity (Wildman–Crippen MR) is 53.7 cm³/mol. The maximum Gasteiger partial charge on any atom is 0.128 e. The Labute approximate surface area is 78.6 Å². The molecule has 1 fully saturated rings. The van der Waals surface area contributed by atoms with Crippen molar-refractivity contribution >= 4 is 5.82 Å². The van der Waals surface area contributed by atoms with Gasteiger partial charge in [0, 0.05) is 25.3 Å². The van der Waals surface area contributed by atoms with Gasteiger partial charge in [-0.1, -0.05) is 6.07 Å². The van der Waals surface area contributed by atoms with Crippen molar-refractivity contribution in [2.24, 2.45) is 5.73 Å². The van der Waals surface area contributed by atoms with Crippen LogP contribution in [0.1, 0.15) is 24.9 Å². The van der Waals surface area contributed by atoms with Crippen molar-refractivity contribution in [3.63, 3.8) is 0 Å². The third kappa shape index (κ3) is 1.65. The molecule has 1 atom stereocenters. The van der Waals surface area contributed by atoms with Crippen LogP contribution >= 0.6 is 0 Å². The third-order valence-electron chi connectivity index (χ3n) is 2.48. The fraction of sp³-hybridized carbons (Fsp3) is 0.500. The summed E-state index contributed by atoms with van der Waals surface area (Å²) < 4.78 is 0. The van der Waals surface area contributed by atoms with E-state index in [0.717, 1.165) is 24.5 Å². The lowest BCUT2D eigenvalue weighted by Gasteiger charge is -2.32. The van der Waals surface area contributed by atoms with E-state index in [1.54, 1.807) is 0 Å². The molecule has 1 aliphatic heterocycles. The van der Waals surface area contributed by atoms with Crippen molar-refractivity contribution in [3.8, 4) is 0 Å². The summed E-state index contributed by atoms with van der Waals surface area (Å²) in [5.74, 6) is 1.08. The van der Waals surface area contributed by atoms with Crippen LogP contribution in [-0.2, 0) is 0 Å². The first-order valence-electron chi connectivity index (χ1n) is 4.74. The Bertz CT molecular complexity index is 275. The molecule has 0 saturated carbocycles. The highest BCUT2D eigenvalue weighted by molar-refractivity contribution is 5.41. The summed E-state index contributed by atoms with van der Waals surface area (Å²) in [6.45, 7) is 4.26. The minimum absolute atomic E-state index is 0.0814. The lowest BCUT2D eigenvalue weighted by atomic mass is 10.1. The minimum Gasteiger partial charge on any atom is -0.356 e. The molecule has 1 aromatic heterocycles. The second-order valence-electron chi connectivity index (χ2n) is 3.58. The van der Waals surface area contributed by atoms with E-state index in [0.29, 0.717) is 0 Å². The molecule has 0 bridgehead atoms. The van der Waals surface area contributed by atoms with Crippen molar-refractivity contribution in [1.29, 1.82) is 0 Å². The highest BCUT2D eigenvalue weighted by atomic mass is 15.2. The molecule has 3 nitrogen and oxygen atoms in total. The van der Waals surface area contributed by atoms with Crippen molar-refractivity contribution in [3.05, 3.63) is 23.9 Å². The third-order valence-corrected chi connectivity index (χ3v) is 2.48. The number of nitrogens with zero attached hydrogens (tertiary/aromatic N) is 2. The molecule has 3 heteroatoms. The highest BCUT2D eigenvalue weighted by Crippen LogP contribution is 2.18. The first-order valence-corrected chi connectivity index (χ1v) is 4.74. The smallest absolute Gasteiger partial charge is 0.128 e. The highest BCUT2D eigenvalue weighted by Gasteiger charge is 2.15. The Morgan fingerprint density at radius 3 is 2.62 bits per heavy atom. The Morgan fingerprint density at radius 1 is 1.46 bits per heavy atom. The molecule has 1 saturated heterocycles. The van der Waals surface area contributed by atoms with Crippen molar-refractivity contribution < 1.29 is 0 Å².